The number of nitrogens with one attached hydrogen (secondary N) is 1. The summed E-state index contributed by atoms with van der Waals surface area (Å²) in [5.41, 5.74) is 1.20. The summed E-state index contributed by atoms with van der Waals surface area (Å²) in [6.07, 6.45) is 0.981. The van der Waals surface area contributed by atoms with E-state index in [9.17, 15) is 5.11 Å². The van der Waals surface area contributed by atoms with E-state index in [1.165, 1.54) is 5.56 Å². The lowest BCUT2D eigenvalue weighted by Gasteiger charge is -2.09. The van der Waals surface area contributed by atoms with Gasteiger partial charge in [0.15, 0.2) is 0 Å². The van der Waals surface area contributed by atoms with Crippen LogP contribution in [0, 0.1) is 0 Å². The van der Waals surface area contributed by atoms with E-state index in [-0.39, 0.29) is 0 Å². The van der Waals surface area contributed by atoms with Gasteiger partial charge >= 0.3 is 0 Å². The van der Waals surface area contributed by atoms with Gasteiger partial charge in [-0.2, -0.15) is 0 Å². The first-order valence-electron chi connectivity index (χ1n) is 5.32. The van der Waals surface area contributed by atoms with E-state index in [1.54, 1.807) is 18.4 Å². The maximum Gasteiger partial charge on any atom is 0.133 e. The first-order chi connectivity index (χ1) is 7.86. The molecule has 84 valence electrons. The predicted octanol–water partition coefficient (Wildman–Crippen LogP) is 2.10. The lowest BCUT2D eigenvalue weighted by molar-refractivity contribution is 0.147. The number of aliphatic hydroxyl groups excluding tert-OH is 1. The largest absolute Gasteiger partial charge is 0.467 e. The minimum Gasteiger partial charge on any atom is -0.467 e. The van der Waals surface area contributed by atoms with Gasteiger partial charge in [0.05, 0.1) is 6.26 Å². The number of hydrogen-bond donors (Lipinski definition) is 2. The Morgan fingerprint density at radius 3 is 2.62 bits per heavy atom. The molecule has 3 heteroatoms. The van der Waals surface area contributed by atoms with Gasteiger partial charge in [-0.1, -0.05) is 30.3 Å². The summed E-state index contributed by atoms with van der Waals surface area (Å²) in [4.78, 5) is 0. The summed E-state index contributed by atoms with van der Waals surface area (Å²) in [6, 6.07) is 13.6. The maximum absolute atomic E-state index is 9.73. The van der Waals surface area contributed by atoms with E-state index >= 15 is 0 Å². The van der Waals surface area contributed by atoms with E-state index in [0.717, 1.165) is 6.54 Å². The van der Waals surface area contributed by atoms with Crippen LogP contribution in [0.5, 0.6) is 0 Å². The average Bonchev–Trinajstić information content (AvgIpc) is 2.84. The van der Waals surface area contributed by atoms with E-state index in [2.05, 4.69) is 5.32 Å². The molecule has 0 aliphatic heterocycles. The Morgan fingerprint density at radius 2 is 1.94 bits per heavy atom. The smallest absolute Gasteiger partial charge is 0.133 e. The number of benzene rings is 1. The third kappa shape index (κ3) is 2.95. The van der Waals surface area contributed by atoms with Crippen LogP contribution in [0.3, 0.4) is 0 Å². The van der Waals surface area contributed by atoms with Crippen molar-refractivity contribution in [3.8, 4) is 0 Å². The molecule has 0 aliphatic rings. The van der Waals surface area contributed by atoms with E-state index < -0.39 is 6.10 Å². The van der Waals surface area contributed by atoms with Crippen LogP contribution in [-0.2, 0) is 6.54 Å². The molecule has 0 saturated heterocycles. The molecule has 0 bridgehead atoms. The molecule has 1 heterocycles. The molecule has 0 unspecified atom stereocenters. The minimum absolute atomic E-state index is 0.488. The zero-order chi connectivity index (χ0) is 11.2. The summed E-state index contributed by atoms with van der Waals surface area (Å²) in [5.74, 6) is 0.598. The topological polar surface area (TPSA) is 45.4 Å². The molecule has 0 saturated carbocycles. The van der Waals surface area contributed by atoms with Gasteiger partial charge in [-0.15, -0.1) is 0 Å². The van der Waals surface area contributed by atoms with Crippen LogP contribution >= 0.6 is 0 Å². The Morgan fingerprint density at radius 1 is 1.12 bits per heavy atom. The van der Waals surface area contributed by atoms with Gasteiger partial charge in [0, 0.05) is 13.1 Å². The predicted molar refractivity (Wildman–Crippen MR) is 61.8 cm³/mol. The van der Waals surface area contributed by atoms with Crippen LogP contribution in [0.1, 0.15) is 17.4 Å². The third-order valence-electron chi connectivity index (χ3n) is 2.38. The highest BCUT2D eigenvalue weighted by Gasteiger charge is 2.08. The van der Waals surface area contributed by atoms with Crippen molar-refractivity contribution in [2.45, 2.75) is 12.6 Å². The molecule has 0 spiro atoms. The Labute approximate surface area is 94.7 Å². The number of rotatable bonds is 5. The molecule has 1 aromatic heterocycles. The van der Waals surface area contributed by atoms with Gasteiger partial charge in [-0.25, -0.2) is 0 Å². The van der Waals surface area contributed by atoms with Crippen molar-refractivity contribution in [1.82, 2.24) is 5.32 Å². The average molecular weight is 217 g/mol. The summed E-state index contributed by atoms with van der Waals surface area (Å²) < 4.78 is 5.11. The normalized spacial score (nSPS) is 12.6. The van der Waals surface area contributed by atoms with E-state index in [4.69, 9.17) is 4.42 Å². The number of hydrogen-bond acceptors (Lipinski definition) is 3. The lowest BCUT2D eigenvalue weighted by atomic mass is 10.2. The van der Waals surface area contributed by atoms with Crippen molar-refractivity contribution < 1.29 is 9.52 Å². The monoisotopic (exact) mass is 217 g/mol. The third-order valence-corrected chi connectivity index (χ3v) is 2.38. The summed E-state index contributed by atoms with van der Waals surface area (Å²) in [7, 11) is 0. The van der Waals surface area contributed by atoms with Gasteiger partial charge in [-0.05, 0) is 17.7 Å². The summed E-state index contributed by atoms with van der Waals surface area (Å²) >= 11 is 0. The Bertz CT molecular complexity index is 397. The van der Waals surface area contributed by atoms with E-state index in [0.29, 0.717) is 12.3 Å². The SMILES string of the molecule is O[C@H](CNCc1ccccc1)c1ccco1. The van der Waals surface area contributed by atoms with Crippen LogP contribution in [0.25, 0.3) is 0 Å². The zero-order valence-corrected chi connectivity index (χ0v) is 8.97. The molecule has 3 nitrogen and oxygen atoms in total. The quantitative estimate of drug-likeness (QED) is 0.806. The summed E-state index contributed by atoms with van der Waals surface area (Å²) in [6.45, 7) is 1.24. The van der Waals surface area contributed by atoms with Gasteiger partial charge in [0.2, 0.25) is 0 Å². The van der Waals surface area contributed by atoms with Gasteiger partial charge in [-0.3, -0.25) is 0 Å². The number of furan rings is 1. The fraction of sp³-hybridized carbons (Fsp3) is 0.231. The first-order valence-corrected chi connectivity index (χ1v) is 5.32. The lowest BCUT2D eigenvalue weighted by Crippen LogP contribution is -2.20. The molecule has 2 aromatic rings. The van der Waals surface area contributed by atoms with Crippen molar-refractivity contribution in [3.05, 3.63) is 60.1 Å². The van der Waals surface area contributed by atoms with Gasteiger partial charge in [0.25, 0.3) is 0 Å². The second kappa shape index (κ2) is 5.49. The Kier molecular flexibility index (Phi) is 3.75. The fourth-order valence-electron chi connectivity index (χ4n) is 1.53. The van der Waals surface area contributed by atoms with Crippen LogP contribution in [0.2, 0.25) is 0 Å². The molecule has 0 fully saturated rings. The standard InChI is InChI=1S/C13H15NO2/c15-12(13-7-4-8-16-13)10-14-9-11-5-2-1-3-6-11/h1-8,12,14-15H,9-10H2/t12-/m1/s1. The second-order valence-electron chi connectivity index (χ2n) is 3.65. The molecule has 0 aliphatic carbocycles. The van der Waals surface area contributed by atoms with Crippen LogP contribution in [0.15, 0.2) is 53.1 Å². The van der Waals surface area contributed by atoms with Crippen LogP contribution < -0.4 is 5.32 Å². The van der Waals surface area contributed by atoms with Crippen molar-refractivity contribution in [2.24, 2.45) is 0 Å². The van der Waals surface area contributed by atoms with Crippen molar-refractivity contribution in [3.63, 3.8) is 0 Å². The second-order valence-corrected chi connectivity index (χ2v) is 3.65. The van der Waals surface area contributed by atoms with Crippen LogP contribution in [0.4, 0.5) is 0 Å². The molecule has 0 radical (unpaired) electrons. The number of aliphatic hydroxyl groups is 1. The highest BCUT2D eigenvalue weighted by atomic mass is 16.4. The van der Waals surface area contributed by atoms with Gasteiger partial charge in [0.1, 0.15) is 11.9 Å². The Hall–Kier alpha value is -1.58. The molecule has 0 amide bonds. The minimum atomic E-state index is -0.585. The highest BCUT2D eigenvalue weighted by Crippen LogP contribution is 2.11. The van der Waals surface area contributed by atoms with Gasteiger partial charge < -0.3 is 14.8 Å². The summed E-state index contributed by atoms with van der Waals surface area (Å²) in [5, 5.41) is 12.9. The molecular weight excluding hydrogens is 202 g/mol. The zero-order valence-electron chi connectivity index (χ0n) is 8.97. The van der Waals surface area contributed by atoms with Crippen molar-refractivity contribution in [2.75, 3.05) is 6.54 Å². The highest BCUT2D eigenvalue weighted by molar-refractivity contribution is 5.14. The van der Waals surface area contributed by atoms with Crippen molar-refractivity contribution >= 4 is 0 Å². The molecular formula is C13H15NO2. The van der Waals surface area contributed by atoms with E-state index in [1.807, 2.05) is 30.3 Å². The molecule has 1 aromatic carbocycles. The maximum atomic E-state index is 9.73. The van der Waals surface area contributed by atoms with Crippen molar-refractivity contribution in [1.29, 1.82) is 0 Å². The first kappa shape index (κ1) is 10.9. The fourth-order valence-corrected chi connectivity index (χ4v) is 1.53. The Balaban J connectivity index is 1.76. The molecule has 2 N–H and O–H groups in total. The molecule has 16 heavy (non-hydrogen) atoms. The molecule has 2 rings (SSSR count). The van der Waals surface area contributed by atoms with Crippen LogP contribution in [-0.4, -0.2) is 11.7 Å². The molecule has 1 atom stereocenters.